The molecular weight excluding hydrogens is 298 g/mol. The summed E-state index contributed by atoms with van der Waals surface area (Å²) in [6, 6.07) is 7.95. The first-order chi connectivity index (χ1) is 10.7. The standard InChI is InChI=1S/C15H17N5OS/c16-11-15(7-3-1-4-8-15)17-13(21)10-22-14-19-18-12-6-2-5-9-20(12)14/h2,5-6,9H,1,3-4,7-8,10H2,(H,17,21). The van der Waals surface area contributed by atoms with Gasteiger partial charge in [0.25, 0.3) is 0 Å². The number of amides is 1. The van der Waals surface area contributed by atoms with Crippen LogP contribution in [0.15, 0.2) is 29.6 Å². The van der Waals surface area contributed by atoms with E-state index < -0.39 is 5.54 Å². The molecule has 0 unspecified atom stereocenters. The smallest absolute Gasteiger partial charge is 0.231 e. The van der Waals surface area contributed by atoms with E-state index in [9.17, 15) is 10.1 Å². The number of nitrogens with one attached hydrogen (secondary N) is 1. The van der Waals surface area contributed by atoms with Crippen molar-refractivity contribution in [1.82, 2.24) is 19.9 Å². The normalized spacial score (nSPS) is 17.0. The lowest BCUT2D eigenvalue weighted by Crippen LogP contribution is -2.49. The van der Waals surface area contributed by atoms with Crippen molar-refractivity contribution < 1.29 is 4.79 Å². The summed E-state index contributed by atoms with van der Waals surface area (Å²) in [5, 5.41) is 21.1. The van der Waals surface area contributed by atoms with Gasteiger partial charge in [-0.3, -0.25) is 9.20 Å². The van der Waals surface area contributed by atoms with E-state index in [1.807, 2.05) is 28.8 Å². The number of fused-ring (bicyclic) bond motifs is 1. The van der Waals surface area contributed by atoms with E-state index in [1.54, 1.807) is 0 Å². The van der Waals surface area contributed by atoms with Crippen LogP contribution >= 0.6 is 11.8 Å². The number of nitrogens with zero attached hydrogens (tertiary/aromatic N) is 4. The third kappa shape index (κ3) is 3.07. The van der Waals surface area contributed by atoms with Gasteiger partial charge in [-0.1, -0.05) is 37.1 Å². The minimum Gasteiger partial charge on any atom is -0.337 e. The Morgan fingerprint density at radius 3 is 2.95 bits per heavy atom. The van der Waals surface area contributed by atoms with Crippen LogP contribution in [0.2, 0.25) is 0 Å². The second-order valence-electron chi connectivity index (χ2n) is 5.50. The first-order valence-electron chi connectivity index (χ1n) is 7.37. The summed E-state index contributed by atoms with van der Waals surface area (Å²) in [6.07, 6.45) is 6.49. The van der Waals surface area contributed by atoms with Crippen molar-refractivity contribution in [2.24, 2.45) is 0 Å². The van der Waals surface area contributed by atoms with Gasteiger partial charge in [0.05, 0.1) is 11.8 Å². The quantitative estimate of drug-likeness (QED) is 0.874. The maximum Gasteiger partial charge on any atom is 0.231 e. The minimum absolute atomic E-state index is 0.124. The topological polar surface area (TPSA) is 83.1 Å². The van der Waals surface area contributed by atoms with Crippen molar-refractivity contribution in [3.8, 4) is 6.07 Å². The molecule has 0 atom stereocenters. The molecule has 6 nitrogen and oxygen atoms in total. The average molecular weight is 315 g/mol. The molecule has 3 rings (SSSR count). The van der Waals surface area contributed by atoms with Crippen LogP contribution in [0.3, 0.4) is 0 Å². The molecule has 7 heteroatoms. The lowest BCUT2D eigenvalue weighted by atomic mass is 9.83. The van der Waals surface area contributed by atoms with Crippen LogP contribution in [0.1, 0.15) is 32.1 Å². The molecule has 2 aromatic heterocycles. The number of nitriles is 1. The maximum atomic E-state index is 12.2. The molecule has 0 bridgehead atoms. The van der Waals surface area contributed by atoms with Crippen LogP contribution in [0.5, 0.6) is 0 Å². The summed E-state index contributed by atoms with van der Waals surface area (Å²) in [6.45, 7) is 0. The van der Waals surface area contributed by atoms with Gasteiger partial charge in [-0.25, -0.2) is 0 Å². The van der Waals surface area contributed by atoms with Gasteiger partial charge >= 0.3 is 0 Å². The highest BCUT2D eigenvalue weighted by Crippen LogP contribution is 2.27. The van der Waals surface area contributed by atoms with Crippen LogP contribution in [0, 0.1) is 11.3 Å². The number of hydrogen-bond acceptors (Lipinski definition) is 5. The zero-order valence-corrected chi connectivity index (χ0v) is 13.0. The van der Waals surface area contributed by atoms with Gasteiger partial charge in [0.1, 0.15) is 5.54 Å². The third-order valence-corrected chi connectivity index (χ3v) is 4.86. The summed E-state index contributed by atoms with van der Waals surface area (Å²) in [5.74, 6) is 0.111. The second-order valence-corrected chi connectivity index (χ2v) is 6.45. The highest BCUT2D eigenvalue weighted by molar-refractivity contribution is 7.99. The third-order valence-electron chi connectivity index (χ3n) is 3.91. The Morgan fingerprint density at radius 2 is 2.18 bits per heavy atom. The van der Waals surface area contributed by atoms with Gasteiger partial charge < -0.3 is 5.32 Å². The Balaban J connectivity index is 1.61. The van der Waals surface area contributed by atoms with Crippen molar-refractivity contribution in [3.05, 3.63) is 24.4 Å². The zero-order valence-electron chi connectivity index (χ0n) is 12.2. The summed E-state index contributed by atoms with van der Waals surface area (Å²) in [4.78, 5) is 12.2. The predicted octanol–water partition coefficient (Wildman–Crippen LogP) is 2.16. The molecule has 0 aliphatic heterocycles. The molecule has 1 aliphatic carbocycles. The lowest BCUT2D eigenvalue weighted by Gasteiger charge is -2.31. The van der Waals surface area contributed by atoms with Crippen molar-refractivity contribution >= 4 is 23.3 Å². The van der Waals surface area contributed by atoms with Gasteiger partial charge in [0, 0.05) is 6.20 Å². The van der Waals surface area contributed by atoms with Crippen LogP contribution < -0.4 is 5.32 Å². The van der Waals surface area contributed by atoms with Gasteiger partial charge in [-0.2, -0.15) is 5.26 Å². The molecule has 0 spiro atoms. The van der Waals surface area contributed by atoms with Crippen LogP contribution in [0.4, 0.5) is 0 Å². The number of thioether (sulfide) groups is 1. The summed E-state index contributed by atoms with van der Waals surface area (Å²) >= 11 is 1.33. The molecule has 0 radical (unpaired) electrons. The molecule has 0 saturated heterocycles. The van der Waals surface area contributed by atoms with Gasteiger partial charge in [-0.15, -0.1) is 10.2 Å². The molecule has 0 aromatic carbocycles. The molecule has 1 N–H and O–H groups in total. The number of aromatic nitrogens is 3. The number of carbonyl (C=O) groups is 1. The van der Waals surface area contributed by atoms with E-state index in [-0.39, 0.29) is 11.7 Å². The molecule has 114 valence electrons. The van der Waals surface area contributed by atoms with Gasteiger partial charge in [-0.05, 0) is 25.0 Å². The molecule has 2 heterocycles. The number of rotatable bonds is 4. The maximum absolute atomic E-state index is 12.2. The number of carbonyl (C=O) groups excluding carboxylic acids is 1. The molecule has 1 aliphatic rings. The van der Waals surface area contributed by atoms with Gasteiger partial charge in [0.2, 0.25) is 5.91 Å². The van der Waals surface area contributed by atoms with Crippen molar-refractivity contribution in [2.45, 2.75) is 42.8 Å². The fourth-order valence-corrected chi connectivity index (χ4v) is 3.50. The second kappa shape index (κ2) is 6.36. The molecule has 1 saturated carbocycles. The van der Waals surface area contributed by atoms with Crippen molar-refractivity contribution in [2.75, 3.05) is 5.75 Å². The Morgan fingerprint density at radius 1 is 1.36 bits per heavy atom. The fraction of sp³-hybridized carbons (Fsp3) is 0.467. The monoisotopic (exact) mass is 315 g/mol. The molecular formula is C15H17N5OS. The molecule has 22 heavy (non-hydrogen) atoms. The zero-order chi connectivity index (χ0) is 15.4. The number of hydrogen-bond donors (Lipinski definition) is 1. The minimum atomic E-state index is -0.678. The van der Waals surface area contributed by atoms with Crippen molar-refractivity contribution in [1.29, 1.82) is 5.26 Å². The Hall–Kier alpha value is -2.07. The first kappa shape index (κ1) is 14.9. The highest BCUT2D eigenvalue weighted by atomic mass is 32.2. The summed E-state index contributed by atoms with van der Waals surface area (Å²) in [7, 11) is 0. The van der Waals surface area contributed by atoms with E-state index >= 15 is 0 Å². The van der Waals surface area contributed by atoms with E-state index in [0.29, 0.717) is 5.16 Å². The van der Waals surface area contributed by atoms with Crippen LogP contribution in [0.25, 0.3) is 5.65 Å². The summed E-state index contributed by atoms with van der Waals surface area (Å²) in [5.41, 5.74) is 0.0780. The fourth-order valence-electron chi connectivity index (χ4n) is 2.77. The van der Waals surface area contributed by atoms with E-state index in [4.69, 9.17) is 0 Å². The Kier molecular flexibility index (Phi) is 4.29. The molecule has 2 aromatic rings. The van der Waals surface area contributed by atoms with E-state index in [2.05, 4.69) is 21.6 Å². The number of pyridine rings is 1. The Labute approximate surface area is 132 Å². The molecule has 1 fully saturated rings. The van der Waals surface area contributed by atoms with E-state index in [0.717, 1.165) is 37.8 Å². The van der Waals surface area contributed by atoms with E-state index in [1.165, 1.54) is 11.8 Å². The lowest BCUT2D eigenvalue weighted by molar-refractivity contribution is -0.120. The molecule has 1 amide bonds. The van der Waals surface area contributed by atoms with Crippen LogP contribution in [-0.2, 0) is 4.79 Å². The SMILES string of the molecule is N#CC1(NC(=O)CSc2nnc3ccccn23)CCCCC1. The van der Waals surface area contributed by atoms with Crippen molar-refractivity contribution in [3.63, 3.8) is 0 Å². The average Bonchev–Trinajstić information content (AvgIpc) is 2.97. The predicted molar refractivity (Wildman–Crippen MR) is 83.3 cm³/mol. The first-order valence-corrected chi connectivity index (χ1v) is 8.36. The largest absolute Gasteiger partial charge is 0.337 e. The highest BCUT2D eigenvalue weighted by Gasteiger charge is 2.33. The van der Waals surface area contributed by atoms with Gasteiger partial charge in [0.15, 0.2) is 10.8 Å². The van der Waals surface area contributed by atoms with Crippen LogP contribution in [-0.4, -0.2) is 31.8 Å². The Bertz CT molecular complexity index is 714. The summed E-state index contributed by atoms with van der Waals surface area (Å²) < 4.78 is 1.85.